The first-order valence-corrected chi connectivity index (χ1v) is 5.88. The topological polar surface area (TPSA) is 21.3 Å². The molecule has 0 heterocycles. The van der Waals surface area contributed by atoms with E-state index in [2.05, 4.69) is 36.2 Å². The highest BCUT2D eigenvalue weighted by Gasteiger charge is 2.23. The van der Waals surface area contributed by atoms with E-state index in [0.717, 1.165) is 12.2 Å². The van der Waals surface area contributed by atoms with E-state index in [9.17, 15) is 0 Å². The van der Waals surface area contributed by atoms with Crippen LogP contribution in [0.15, 0.2) is 36.9 Å². The largest absolute Gasteiger partial charge is 0.490 e. The molecule has 2 rings (SSSR count). The zero-order valence-electron chi connectivity index (χ0n) is 9.78. The van der Waals surface area contributed by atoms with E-state index in [-0.39, 0.29) is 0 Å². The molecule has 1 atom stereocenters. The first-order valence-electron chi connectivity index (χ1n) is 5.88. The maximum Gasteiger partial charge on any atom is 0.119 e. The molecule has 2 heteroatoms. The van der Waals surface area contributed by atoms with Crippen LogP contribution in [0.2, 0.25) is 0 Å². The molecule has 16 heavy (non-hydrogen) atoms. The minimum atomic E-state index is 0.354. The summed E-state index contributed by atoms with van der Waals surface area (Å²) in [5, 5.41) is 3.28. The van der Waals surface area contributed by atoms with E-state index < -0.39 is 0 Å². The molecule has 86 valence electrons. The van der Waals surface area contributed by atoms with Crippen LogP contribution in [-0.4, -0.2) is 13.2 Å². The average Bonchev–Trinajstić information content (AvgIpc) is 3.11. The molecule has 1 fully saturated rings. The Labute approximate surface area is 97.3 Å². The summed E-state index contributed by atoms with van der Waals surface area (Å²) >= 11 is 0. The molecule has 1 aromatic carbocycles. The first-order chi connectivity index (χ1) is 7.83. The zero-order chi connectivity index (χ0) is 11.4. The second-order valence-corrected chi connectivity index (χ2v) is 4.25. The molecule has 1 N–H and O–H groups in total. The van der Waals surface area contributed by atoms with E-state index in [1.54, 1.807) is 0 Å². The van der Waals surface area contributed by atoms with Gasteiger partial charge in [-0.25, -0.2) is 0 Å². The van der Waals surface area contributed by atoms with Crippen molar-refractivity contribution in [3.05, 3.63) is 42.5 Å². The van der Waals surface area contributed by atoms with Gasteiger partial charge in [0.25, 0.3) is 0 Å². The number of nitrogens with one attached hydrogen (secondary N) is 1. The lowest BCUT2D eigenvalue weighted by Gasteiger charge is -2.15. The lowest BCUT2D eigenvalue weighted by Crippen LogP contribution is -2.15. The molecule has 0 aromatic heterocycles. The zero-order valence-corrected chi connectivity index (χ0v) is 9.78. The van der Waals surface area contributed by atoms with E-state index in [0.29, 0.717) is 12.1 Å². The number of hydrogen-bond acceptors (Lipinski definition) is 2. The molecule has 0 spiro atoms. The Morgan fingerprint density at radius 1 is 1.44 bits per heavy atom. The number of benzene rings is 1. The summed E-state index contributed by atoms with van der Waals surface area (Å²) in [5.74, 6) is 0.986. The molecule has 1 saturated carbocycles. The Bertz CT molecular complexity index is 340. The van der Waals surface area contributed by atoms with Crippen LogP contribution in [0.3, 0.4) is 0 Å². The molecule has 1 aromatic rings. The molecule has 0 bridgehead atoms. The number of hydrogen-bond donors (Lipinski definition) is 1. The van der Waals surface area contributed by atoms with Crippen molar-refractivity contribution in [3.8, 4) is 5.75 Å². The predicted molar refractivity (Wildman–Crippen MR) is 66.7 cm³/mol. The van der Waals surface area contributed by atoms with Crippen LogP contribution in [0, 0.1) is 0 Å². The molecule has 0 aliphatic heterocycles. The van der Waals surface area contributed by atoms with Crippen LogP contribution in [0.25, 0.3) is 0 Å². The number of rotatable bonds is 6. The molecule has 2 nitrogen and oxygen atoms in total. The highest BCUT2D eigenvalue weighted by atomic mass is 16.5. The highest BCUT2D eigenvalue weighted by molar-refractivity contribution is 5.30. The van der Waals surface area contributed by atoms with Gasteiger partial charge in [0.2, 0.25) is 0 Å². The van der Waals surface area contributed by atoms with Gasteiger partial charge in [0.1, 0.15) is 5.75 Å². The Morgan fingerprint density at radius 3 is 2.62 bits per heavy atom. The predicted octanol–water partition coefficient (Wildman–Crippen LogP) is 3.06. The average molecular weight is 217 g/mol. The molecule has 1 unspecified atom stereocenters. The standard InChI is InChI=1S/C14H19NO/c1-3-4-14(15-2)11-5-7-12(8-6-11)16-13-9-10-13/h3,5-8,13-15H,1,4,9-10H2,2H3. The summed E-state index contributed by atoms with van der Waals surface area (Å²) in [4.78, 5) is 0. The summed E-state index contributed by atoms with van der Waals surface area (Å²) in [6.45, 7) is 3.77. The minimum Gasteiger partial charge on any atom is -0.490 e. The number of ether oxygens (including phenoxy) is 1. The molecule has 1 aliphatic rings. The SMILES string of the molecule is C=CCC(NC)c1ccc(OC2CC2)cc1. The third kappa shape index (κ3) is 2.86. The fraction of sp³-hybridized carbons (Fsp3) is 0.429. The van der Waals surface area contributed by atoms with Crippen LogP contribution in [0.1, 0.15) is 30.9 Å². The first kappa shape index (κ1) is 11.2. The van der Waals surface area contributed by atoms with Crippen molar-refractivity contribution in [1.82, 2.24) is 5.32 Å². The van der Waals surface area contributed by atoms with E-state index in [1.165, 1.54) is 18.4 Å². The molecular weight excluding hydrogens is 198 g/mol. The lowest BCUT2D eigenvalue weighted by molar-refractivity contribution is 0.303. The van der Waals surface area contributed by atoms with Gasteiger partial charge in [-0.15, -0.1) is 6.58 Å². The second kappa shape index (κ2) is 5.17. The maximum atomic E-state index is 5.71. The molecule has 1 aliphatic carbocycles. The van der Waals surface area contributed by atoms with Crippen LogP contribution < -0.4 is 10.1 Å². The normalized spacial score (nSPS) is 16.8. The smallest absolute Gasteiger partial charge is 0.119 e. The van der Waals surface area contributed by atoms with E-state index in [4.69, 9.17) is 4.74 Å². The Hall–Kier alpha value is -1.28. The van der Waals surface area contributed by atoms with Crippen molar-refractivity contribution < 1.29 is 4.74 Å². The Morgan fingerprint density at radius 2 is 2.12 bits per heavy atom. The van der Waals surface area contributed by atoms with Crippen molar-refractivity contribution in [3.63, 3.8) is 0 Å². The Kier molecular flexibility index (Phi) is 3.62. The fourth-order valence-electron chi connectivity index (χ4n) is 1.74. The maximum absolute atomic E-state index is 5.71. The van der Waals surface area contributed by atoms with Crippen LogP contribution in [-0.2, 0) is 0 Å². The minimum absolute atomic E-state index is 0.354. The van der Waals surface area contributed by atoms with Gasteiger partial charge in [0, 0.05) is 6.04 Å². The molecular formula is C14H19NO. The van der Waals surface area contributed by atoms with Gasteiger partial charge in [-0.2, -0.15) is 0 Å². The second-order valence-electron chi connectivity index (χ2n) is 4.25. The monoisotopic (exact) mass is 217 g/mol. The van der Waals surface area contributed by atoms with Crippen molar-refractivity contribution in [1.29, 1.82) is 0 Å². The fourth-order valence-corrected chi connectivity index (χ4v) is 1.74. The Balaban J connectivity index is 2.01. The van der Waals surface area contributed by atoms with Gasteiger partial charge in [-0.1, -0.05) is 18.2 Å². The van der Waals surface area contributed by atoms with E-state index in [1.807, 2.05) is 13.1 Å². The van der Waals surface area contributed by atoms with E-state index >= 15 is 0 Å². The molecule has 0 amide bonds. The summed E-state index contributed by atoms with van der Waals surface area (Å²) in [6.07, 6.45) is 5.77. The van der Waals surface area contributed by atoms with Crippen molar-refractivity contribution in [2.45, 2.75) is 31.4 Å². The summed E-state index contributed by atoms with van der Waals surface area (Å²) < 4.78 is 5.71. The van der Waals surface area contributed by atoms with Gasteiger partial charge in [0.05, 0.1) is 6.10 Å². The van der Waals surface area contributed by atoms with Gasteiger partial charge in [-0.3, -0.25) is 0 Å². The summed E-state index contributed by atoms with van der Waals surface area (Å²) in [5.41, 5.74) is 1.28. The third-order valence-corrected chi connectivity index (χ3v) is 2.86. The quantitative estimate of drug-likeness (QED) is 0.739. The van der Waals surface area contributed by atoms with Gasteiger partial charge in [0.15, 0.2) is 0 Å². The van der Waals surface area contributed by atoms with Crippen LogP contribution in [0.5, 0.6) is 5.75 Å². The van der Waals surface area contributed by atoms with Gasteiger partial charge in [-0.05, 0) is 44.0 Å². The van der Waals surface area contributed by atoms with Crippen LogP contribution >= 0.6 is 0 Å². The molecule has 0 radical (unpaired) electrons. The van der Waals surface area contributed by atoms with Crippen molar-refractivity contribution in [2.75, 3.05) is 7.05 Å². The van der Waals surface area contributed by atoms with Gasteiger partial charge >= 0.3 is 0 Å². The van der Waals surface area contributed by atoms with Gasteiger partial charge < -0.3 is 10.1 Å². The lowest BCUT2D eigenvalue weighted by atomic mass is 10.0. The van der Waals surface area contributed by atoms with Crippen molar-refractivity contribution >= 4 is 0 Å². The third-order valence-electron chi connectivity index (χ3n) is 2.86. The highest BCUT2D eigenvalue weighted by Crippen LogP contribution is 2.27. The van der Waals surface area contributed by atoms with Crippen molar-refractivity contribution in [2.24, 2.45) is 0 Å². The van der Waals surface area contributed by atoms with Crippen LogP contribution in [0.4, 0.5) is 0 Å². The summed E-state index contributed by atoms with van der Waals surface area (Å²) in [6, 6.07) is 8.72. The summed E-state index contributed by atoms with van der Waals surface area (Å²) in [7, 11) is 1.97. The molecule has 0 saturated heterocycles.